The number of fused-ring (bicyclic) bond motifs is 1. The van der Waals surface area contributed by atoms with E-state index in [9.17, 15) is 4.79 Å². The van der Waals surface area contributed by atoms with Crippen LogP contribution in [0.3, 0.4) is 0 Å². The highest BCUT2D eigenvalue weighted by Gasteiger charge is 2.27. The van der Waals surface area contributed by atoms with Crippen molar-refractivity contribution in [2.45, 2.75) is 6.61 Å². The highest BCUT2D eigenvalue weighted by molar-refractivity contribution is 6.14. The average Bonchev–Trinajstić information content (AvgIpc) is 3.07. The number of allylic oxidation sites excluding steroid dienone is 1. The third-order valence-corrected chi connectivity index (χ3v) is 4.62. The van der Waals surface area contributed by atoms with Gasteiger partial charge in [0.15, 0.2) is 5.76 Å². The molecule has 1 aliphatic rings. The molecule has 29 heavy (non-hydrogen) atoms. The van der Waals surface area contributed by atoms with E-state index >= 15 is 0 Å². The zero-order valence-electron chi connectivity index (χ0n) is 16.2. The van der Waals surface area contributed by atoms with Crippen LogP contribution in [0.4, 0.5) is 0 Å². The van der Waals surface area contributed by atoms with Gasteiger partial charge in [0.2, 0.25) is 5.78 Å². The minimum atomic E-state index is -0.154. The molecule has 0 unspecified atom stereocenters. The number of Topliss-reactive ketones (excluding diaryl/α,β-unsaturated/α-hetero) is 1. The van der Waals surface area contributed by atoms with E-state index in [4.69, 9.17) is 18.9 Å². The molecule has 0 amide bonds. The molecule has 5 nitrogen and oxygen atoms in total. The minimum absolute atomic E-state index is 0.154. The zero-order valence-corrected chi connectivity index (χ0v) is 16.2. The molecular formula is C24H20O5. The molecule has 1 heterocycles. The molecule has 146 valence electrons. The van der Waals surface area contributed by atoms with Gasteiger partial charge in [-0.25, -0.2) is 0 Å². The maximum Gasteiger partial charge on any atom is 0.231 e. The Bertz CT molecular complexity index is 1080. The quantitative estimate of drug-likeness (QED) is 0.562. The SMILES string of the molecule is COc1cccc(/C=C2\Oc3cc(OCc4ccccc4OC)ccc3C2=O)c1. The van der Waals surface area contributed by atoms with Gasteiger partial charge in [0.05, 0.1) is 19.8 Å². The van der Waals surface area contributed by atoms with E-state index in [1.807, 2.05) is 48.5 Å². The van der Waals surface area contributed by atoms with Crippen molar-refractivity contribution in [3.05, 3.63) is 89.2 Å². The van der Waals surface area contributed by atoms with Gasteiger partial charge >= 0.3 is 0 Å². The molecule has 5 heteroatoms. The molecule has 0 radical (unpaired) electrons. The van der Waals surface area contributed by atoms with E-state index in [2.05, 4.69) is 0 Å². The summed E-state index contributed by atoms with van der Waals surface area (Å²) in [6.45, 7) is 0.350. The van der Waals surface area contributed by atoms with Gasteiger partial charge in [0, 0.05) is 11.6 Å². The van der Waals surface area contributed by atoms with Crippen LogP contribution in [0.1, 0.15) is 21.5 Å². The van der Waals surface area contributed by atoms with Crippen molar-refractivity contribution in [3.8, 4) is 23.0 Å². The molecule has 0 spiro atoms. The fourth-order valence-corrected chi connectivity index (χ4v) is 3.12. The van der Waals surface area contributed by atoms with E-state index in [0.717, 1.165) is 16.9 Å². The number of methoxy groups -OCH3 is 2. The highest BCUT2D eigenvalue weighted by Crippen LogP contribution is 2.35. The fraction of sp³-hybridized carbons (Fsp3) is 0.125. The van der Waals surface area contributed by atoms with Gasteiger partial charge in [0.25, 0.3) is 0 Å². The Kier molecular flexibility index (Phi) is 5.20. The number of hydrogen-bond donors (Lipinski definition) is 0. The lowest BCUT2D eigenvalue weighted by molar-refractivity contribution is 0.101. The predicted octanol–water partition coefficient (Wildman–Crippen LogP) is 4.90. The van der Waals surface area contributed by atoms with Gasteiger partial charge in [-0.05, 0) is 42.0 Å². The Hall–Kier alpha value is -3.73. The lowest BCUT2D eigenvalue weighted by Crippen LogP contribution is -1.99. The second-order valence-corrected chi connectivity index (χ2v) is 6.47. The maximum atomic E-state index is 12.6. The lowest BCUT2D eigenvalue weighted by Gasteiger charge is -2.10. The van der Waals surface area contributed by atoms with E-state index in [1.165, 1.54) is 0 Å². The van der Waals surface area contributed by atoms with Crippen LogP contribution in [0.25, 0.3) is 6.08 Å². The fourth-order valence-electron chi connectivity index (χ4n) is 3.12. The topological polar surface area (TPSA) is 54.0 Å². The number of ketones is 1. The molecule has 0 saturated heterocycles. The second-order valence-electron chi connectivity index (χ2n) is 6.47. The van der Waals surface area contributed by atoms with Gasteiger partial charge in [-0.1, -0.05) is 30.3 Å². The van der Waals surface area contributed by atoms with Crippen molar-refractivity contribution in [2.75, 3.05) is 14.2 Å². The van der Waals surface area contributed by atoms with Crippen LogP contribution in [0, 0.1) is 0 Å². The first-order valence-corrected chi connectivity index (χ1v) is 9.15. The third kappa shape index (κ3) is 3.94. The first kappa shape index (κ1) is 18.6. The van der Waals surface area contributed by atoms with E-state index in [0.29, 0.717) is 29.4 Å². The van der Waals surface area contributed by atoms with Gasteiger partial charge < -0.3 is 18.9 Å². The molecule has 3 aromatic rings. The molecular weight excluding hydrogens is 368 g/mol. The molecule has 3 aromatic carbocycles. The molecule has 4 rings (SSSR count). The smallest absolute Gasteiger partial charge is 0.231 e. The van der Waals surface area contributed by atoms with Crippen molar-refractivity contribution >= 4 is 11.9 Å². The number of ether oxygens (including phenoxy) is 4. The predicted molar refractivity (Wildman–Crippen MR) is 110 cm³/mol. The standard InChI is InChI=1S/C24H20O5/c1-26-18-8-5-6-16(12-18)13-23-24(25)20-11-10-19(14-22(20)29-23)28-15-17-7-3-4-9-21(17)27-2/h3-14H,15H2,1-2H3/b23-13-. The second kappa shape index (κ2) is 8.10. The summed E-state index contributed by atoms with van der Waals surface area (Å²) in [5, 5.41) is 0. The van der Waals surface area contributed by atoms with E-state index in [-0.39, 0.29) is 11.5 Å². The van der Waals surface area contributed by atoms with Crippen molar-refractivity contribution in [2.24, 2.45) is 0 Å². The van der Waals surface area contributed by atoms with Crippen LogP contribution < -0.4 is 18.9 Å². The van der Waals surface area contributed by atoms with Gasteiger partial charge in [-0.15, -0.1) is 0 Å². The monoisotopic (exact) mass is 388 g/mol. The van der Waals surface area contributed by atoms with Crippen LogP contribution in [0.5, 0.6) is 23.0 Å². The van der Waals surface area contributed by atoms with E-state index < -0.39 is 0 Å². The summed E-state index contributed by atoms with van der Waals surface area (Å²) in [6, 6.07) is 20.3. The molecule has 0 atom stereocenters. The van der Waals surface area contributed by atoms with Crippen molar-refractivity contribution in [3.63, 3.8) is 0 Å². The van der Waals surface area contributed by atoms with Crippen LogP contribution in [-0.4, -0.2) is 20.0 Å². The highest BCUT2D eigenvalue weighted by atomic mass is 16.5. The summed E-state index contributed by atoms with van der Waals surface area (Å²) in [4.78, 5) is 12.6. The maximum absolute atomic E-state index is 12.6. The Morgan fingerprint density at radius 1 is 0.897 bits per heavy atom. The summed E-state index contributed by atoms with van der Waals surface area (Å²) in [6.07, 6.45) is 1.71. The number of rotatable bonds is 6. The molecule has 0 N–H and O–H groups in total. The van der Waals surface area contributed by atoms with E-state index in [1.54, 1.807) is 38.5 Å². The number of para-hydroxylation sites is 1. The largest absolute Gasteiger partial charge is 0.497 e. The molecule has 1 aliphatic heterocycles. The Morgan fingerprint density at radius 2 is 1.76 bits per heavy atom. The summed E-state index contributed by atoms with van der Waals surface area (Å²) < 4.78 is 22.2. The Balaban J connectivity index is 1.52. The summed E-state index contributed by atoms with van der Waals surface area (Å²) in [5.74, 6) is 2.71. The number of hydrogen-bond acceptors (Lipinski definition) is 5. The lowest BCUT2D eigenvalue weighted by atomic mass is 10.1. The van der Waals surface area contributed by atoms with Crippen molar-refractivity contribution in [1.82, 2.24) is 0 Å². The molecule has 0 fully saturated rings. The third-order valence-electron chi connectivity index (χ3n) is 4.62. The normalized spacial score (nSPS) is 13.7. The van der Waals surface area contributed by atoms with Gasteiger partial charge in [0.1, 0.15) is 29.6 Å². The number of carbonyl (C=O) groups is 1. The van der Waals surface area contributed by atoms with Gasteiger partial charge in [-0.3, -0.25) is 4.79 Å². The van der Waals surface area contributed by atoms with Gasteiger partial charge in [-0.2, -0.15) is 0 Å². The van der Waals surface area contributed by atoms with Crippen LogP contribution in [-0.2, 0) is 6.61 Å². The summed E-state index contributed by atoms with van der Waals surface area (Å²) in [5.41, 5.74) is 2.28. The van der Waals surface area contributed by atoms with Crippen molar-refractivity contribution in [1.29, 1.82) is 0 Å². The Morgan fingerprint density at radius 3 is 2.59 bits per heavy atom. The molecule has 0 aromatic heterocycles. The van der Waals surface area contributed by atoms with Crippen molar-refractivity contribution < 1.29 is 23.7 Å². The number of carbonyl (C=O) groups excluding carboxylic acids is 1. The minimum Gasteiger partial charge on any atom is -0.497 e. The Labute approximate surface area is 169 Å². The number of benzene rings is 3. The zero-order chi connectivity index (χ0) is 20.2. The van der Waals surface area contributed by atoms with Crippen LogP contribution >= 0.6 is 0 Å². The average molecular weight is 388 g/mol. The summed E-state index contributed by atoms with van der Waals surface area (Å²) in [7, 11) is 3.23. The molecule has 0 saturated carbocycles. The molecule has 0 aliphatic carbocycles. The molecule has 0 bridgehead atoms. The summed E-state index contributed by atoms with van der Waals surface area (Å²) >= 11 is 0. The first-order valence-electron chi connectivity index (χ1n) is 9.15. The van der Waals surface area contributed by atoms with Crippen LogP contribution in [0.2, 0.25) is 0 Å². The first-order chi connectivity index (χ1) is 14.2. The van der Waals surface area contributed by atoms with Crippen LogP contribution in [0.15, 0.2) is 72.5 Å².